The Hall–Kier alpha value is -2.69. The van der Waals surface area contributed by atoms with E-state index in [1.54, 1.807) is 30.3 Å². The quantitative estimate of drug-likeness (QED) is 0.832. The lowest BCUT2D eigenvalue weighted by atomic mass is 10.1. The predicted octanol–water partition coefficient (Wildman–Crippen LogP) is 4.23. The molecule has 0 heterocycles. The van der Waals surface area contributed by atoms with E-state index < -0.39 is 0 Å². The van der Waals surface area contributed by atoms with Gasteiger partial charge in [-0.2, -0.15) is 0 Å². The molecule has 2 aromatic rings. The minimum absolute atomic E-state index is 0.0254. The minimum atomic E-state index is -0.281. The average molecular weight is 366 g/mol. The SMILES string of the molecule is CC1CC1C(=O)Nc1cccc(C(=O)N(Cc2ccc(F)cc2)C2CC2)c1. The number of carbonyl (C=O) groups is 2. The Morgan fingerprint density at radius 2 is 1.85 bits per heavy atom. The maximum absolute atomic E-state index is 13.1. The van der Waals surface area contributed by atoms with Crippen LogP contribution >= 0.6 is 0 Å². The molecule has 0 aliphatic heterocycles. The van der Waals surface area contributed by atoms with Gasteiger partial charge in [-0.15, -0.1) is 0 Å². The third-order valence-corrected chi connectivity index (χ3v) is 5.34. The first-order chi connectivity index (χ1) is 13.0. The summed E-state index contributed by atoms with van der Waals surface area (Å²) in [6.07, 6.45) is 2.91. The van der Waals surface area contributed by atoms with E-state index in [9.17, 15) is 14.0 Å². The molecule has 1 N–H and O–H groups in total. The summed E-state index contributed by atoms with van der Waals surface area (Å²) in [5.74, 6) is 0.216. The lowest BCUT2D eigenvalue weighted by molar-refractivity contribution is -0.117. The monoisotopic (exact) mass is 366 g/mol. The van der Waals surface area contributed by atoms with Gasteiger partial charge < -0.3 is 10.2 Å². The topological polar surface area (TPSA) is 49.4 Å². The molecular weight excluding hydrogens is 343 g/mol. The van der Waals surface area contributed by atoms with Crippen LogP contribution in [0.2, 0.25) is 0 Å². The summed E-state index contributed by atoms with van der Waals surface area (Å²) in [6, 6.07) is 13.6. The van der Waals surface area contributed by atoms with Gasteiger partial charge in [0, 0.05) is 29.8 Å². The molecule has 2 fully saturated rings. The third-order valence-electron chi connectivity index (χ3n) is 5.34. The first-order valence-corrected chi connectivity index (χ1v) is 9.47. The van der Waals surface area contributed by atoms with E-state index in [0.717, 1.165) is 24.8 Å². The Morgan fingerprint density at radius 3 is 2.48 bits per heavy atom. The van der Waals surface area contributed by atoms with Crippen molar-refractivity contribution in [3.8, 4) is 0 Å². The van der Waals surface area contributed by atoms with Crippen LogP contribution in [0.3, 0.4) is 0 Å². The van der Waals surface area contributed by atoms with Gasteiger partial charge in [-0.3, -0.25) is 9.59 Å². The second-order valence-electron chi connectivity index (χ2n) is 7.68. The molecule has 2 aliphatic rings. The highest BCUT2D eigenvalue weighted by Gasteiger charge is 2.39. The number of rotatable bonds is 6. The Kier molecular flexibility index (Phi) is 4.68. The van der Waals surface area contributed by atoms with Crippen molar-refractivity contribution in [1.29, 1.82) is 0 Å². The van der Waals surface area contributed by atoms with Crippen molar-refractivity contribution >= 4 is 17.5 Å². The van der Waals surface area contributed by atoms with E-state index in [1.165, 1.54) is 12.1 Å². The molecule has 5 heteroatoms. The predicted molar refractivity (Wildman–Crippen MR) is 102 cm³/mol. The van der Waals surface area contributed by atoms with Crippen molar-refractivity contribution in [2.75, 3.05) is 5.32 Å². The fraction of sp³-hybridized carbons (Fsp3) is 0.364. The van der Waals surface area contributed by atoms with Gasteiger partial charge in [0.15, 0.2) is 0 Å². The lowest BCUT2D eigenvalue weighted by Gasteiger charge is -2.23. The summed E-state index contributed by atoms with van der Waals surface area (Å²) < 4.78 is 13.1. The first kappa shape index (κ1) is 17.7. The molecule has 2 atom stereocenters. The van der Waals surface area contributed by atoms with Crippen LogP contribution in [-0.2, 0) is 11.3 Å². The Morgan fingerprint density at radius 1 is 1.15 bits per heavy atom. The maximum atomic E-state index is 13.1. The molecule has 0 spiro atoms. The van der Waals surface area contributed by atoms with Gasteiger partial charge in [0.1, 0.15) is 5.82 Å². The number of hydrogen-bond donors (Lipinski definition) is 1. The number of halogens is 1. The molecule has 140 valence electrons. The molecule has 2 amide bonds. The molecule has 0 saturated heterocycles. The average Bonchev–Trinajstić information content (AvgIpc) is 3.57. The van der Waals surface area contributed by atoms with Crippen molar-refractivity contribution in [3.05, 3.63) is 65.5 Å². The number of amides is 2. The van der Waals surface area contributed by atoms with Gasteiger partial charge in [-0.25, -0.2) is 4.39 Å². The molecule has 0 bridgehead atoms. The molecule has 2 aliphatic carbocycles. The van der Waals surface area contributed by atoms with Crippen LogP contribution in [0.4, 0.5) is 10.1 Å². The Balaban J connectivity index is 1.48. The van der Waals surface area contributed by atoms with Crippen LogP contribution in [-0.4, -0.2) is 22.8 Å². The second-order valence-corrected chi connectivity index (χ2v) is 7.68. The molecule has 2 unspecified atom stereocenters. The molecule has 2 saturated carbocycles. The lowest BCUT2D eigenvalue weighted by Crippen LogP contribution is -2.32. The molecule has 2 aromatic carbocycles. The van der Waals surface area contributed by atoms with Gasteiger partial charge in [-0.1, -0.05) is 25.1 Å². The number of nitrogens with zero attached hydrogens (tertiary/aromatic N) is 1. The fourth-order valence-corrected chi connectivity index (χ4v) is 3.36. The smallest absolute Gasteiger partial charge is 0.254 e. The summed E-state index contributed by atoms with van der Waals surface area (Å²) >= 11 is 0. The van der Waals surface area contributed by atoms with Crippen molar-refractivity contribution in [1.82, 2.24) is 4.90 Å². The molecular formula is C22H23FN2O2. The highest BCUT2D eigenvalue weighted by atomic mass is 19.1. The van der Waals surface area contributed by atoms with Gasteiger partial charge >= 0.3 is 0 Å². The highest BCUT2D eigenvalue weighted by Crippen LogP contribution is 2.38. The molecule has 0 radical (unpaired) electrons. The van der Waals surface area contributed by atoms with Crippen LogP contribution in [0, 0.1) is 17.7 Å². The zero-order chi connectivity index (χ0) is 19.0. The molecule has 0 aromatic heterocycles. The van der Waals surface area contributed by atoms with E-state index in [0.29, 0.717) is 23.7 Å². The number of anilines is 1. The van der Waals surface area contributed by atoms with Crippen molar-refractivity contribution in [2.45, 2.75) is 38.8 Å². The second kappa shape index (κ2) is 7.14. The largest absolute Gasteiger partial charge is 0.331 e. The van der Waals surface area contributed by atoms with E-state index >= 15 is 0 Å². The third kappa shape index (κ3) is 4.18. The van der Waals surface area contributed by atoms with Crippen LogP contribution in [0.15, 0.2) is 48.5 Å². The van der Waals surface area contributed by atoms with E-state index in [2.05, 4.69) is 12.2 Å². The zero-order valence-corrected chi connectivity index (χ0v) is 15.3. The number of nitrogens with one attached hydrogen (secondary N) is 1. The Labute approximate surface area is 158 Å². The Bertz CT molecular complexity index is 861. The highest BCUT2D eigenvalue weighted by molar-refractivity contribution is 5.98. The number of hydrogen-bond acceptors (Lipinski definition) is 2. The molecule has 4 rings (SSSR count). The molecule has 27 heavy (non-hydrogen) atoms. The van der Waals surface area contributed by atoms with Crippen LogP contribution in [0.5, 0.6) is 0 Å². The summed E-state index contributed by atoms with van der Waals surface area (Å²) in [7, 11) is 0. The summed E-state index contributed by atoms with van der Waals surface area (Å²) in [5, 5.41) is 2.92. The minimum Gasteiger partial charge on any atom is -0.331 e. The zero-order valence-electron chi connectivity index (χ0n) is 15.3. The van der Waals surface area contributed by atoms with Crippen molar-refractivity contribution in [2.24, 2.45) is 11.8 Å². The fourth-order valence-electron chi connectivity index (χ4n) is 3.36. The van der Waals surface area contributed by atoms with E-state index in [4.69, 9.17) is 0 Å². The van der Waals surface area contributed by atoms with Crippen molar-refractivity contribution in [3.63, 3.8) is 0 Å². The van der Waals surface area contributed by atoms with Gasteiger partial charge in [-0.05, 0) is 61.1 Å². The maximum Gasteiger partial charge on any atom is 0.254 e. The number of carbonyl (C=O) groups excluding carboxylic acids is 2. The standard InChI is InChI=1S/C22H23FN2O2/c1-14-11-20(14)21(26)24-18-4-2-3-16(12-18)22(27)25(19-9-10-19)13-15-5-7-17(23)8-6-15/h2-8,12,14,19-20H,9-11,13H2,1H3,(H,24,26). The van der Waals surface area contributed by atoms with E-state index in [1.807, 2.05) is 11.0 Å². The van der Waals surface area contributed by atoms with Crippen LogP contribution < -0.4 is 5.32 Å². The van der Waals surface area contributed by atoms with Crippen LogP contribution in [0.1, 0.15) is 42.1 Å². The summed E-state index contributed by atoms with van der Waals surface area (Å²) in [4.78, 5) is 27.1. The summed E-state index contributed by atoms with van der Waals surface area (Å²) in [5.41, 5.74) is 2.12. The van der Waals surface area contributed by atoms with E-state index in [-0.39, 0.29) is 29.6 Å². The van der Waals surface area contributed by atoms with Gasteiger partial charge in [0.05, 0.1) is 0 Å². The normalized spacial score (nSPS) is 20.8. The van der Waals surface area contributed by atoms with Gasteiger partial charge in [0.25, 0.3) is 5.91 Å². The first-order valence-electron chi connectivity index (χ1n) is 9.47. The van der Waals surface area contributed by atoms with Crippen molar-refractivity contribution < 1.29 is 14.0 Å². The number of benzene rings is 2. The summed E-state index contributed by atoms with van der Waals surface area (Å²) in [6.45, 7) is 2.52. The van der Waals surface area contributed by atoms with Crippen LogP contribution in [0.25, 0.3) is 0 Å². The molecule has 4 nitrogen and oxygen atoms in total. The van der Waals surface area contributed by atoms with Gasteiger partial charge in [0.2, 0.25) is 5.91 Å².